The molecule has 3 heteroatoms. The van der Waals surface area contributed by atoms with Crippen LogP contribution in [0.4, 0.5) is 0 Å². The maximum absolute atomic E-state index is 11.4. The normalized spacial score (nSPS) is 10.5. The highest BCUT2D eigenvalue weighted by Gasteiger charge is 2.01. The minimum atomic E-state index is 0.150. The van der Waals surface area contributed by atoms with Gasteiger partial charge < -0.3 is 4.74 Å². The zero-order chi connectivity index (χ0) is 12.9. The minimum absolute atomic E-state index is 0.150. The Labute approximate surface area is 105 Å². The van der Waals surface area contributed by atoms with E-state index < -0.39 is 0 Å². The molecule has 0 aromatic heterocycles. The van der Waals surface area contributed by atoms with E-state index in [4.69, 9.17) is 4.74 Å². The van der Waals surface area contributed by atoms with Crippen molar-refractivity contribution in [3.8, 4) is 0 Å². The van der Waals surface area contributed by atoms with Gasteiger partial charge in [0.25, 0.3) is 0 Å². The van der Waals surface area contributed by atoms with E-state index in [2.05, 4.69) is 6.92 Å². The fraction of sp³-hybridized carbons (Fsp3) is 0.857. The molecule has 0 aromatic rings. The van der Waals surface area contributed by atoms with Crippen LogP contribution in [-0.4, -0.2) is 24.8 Å². The molecule has 0 unspecified atom stereocenters. The number of rotatable bonds is 12. The van der Waals surface area contributed by atoms with Gasteiger partial charge in [0.2, 0.25) is 0 Å². The minimum Gasteiger partial charge on any atom is -0.381 e. The standard InChI is InChI=1S/C14H26O3/c1-3-4-5-6-8-14(16)9-7-11-17-12-10-13(2)15/h3-12H2,1-2H3. The van der Waals surface area contributed by atoms with E-state index >= 15 is 0 Å². The lowest BCUT2D eigenvalue weighted by atomic mass is 10.1. The van der Waals surface area contributed by atoms with Gasteiger partial charge in [0.15, 0.2) is 0 Å². The van der Waals surface area contributed by atoms with Gasteiger partial charge in [0.05, 0.1) is 6.61 Å². The number of Topliss-reactive ketones (excluding diaryl/α,β-unsaturated/α-hetero) is 2. The van der Waals surface area contributed by atoms with Crippen LogP contribution in [0.3, 0.4) is 0 Å². The average Bonchev–Trinajstić information content (AvgIpc) is 2.29. The molecule has 100 valence electrons. The van der Waals surface area contributed by atoms with Crippen LogP contribution in [0.2, 0.25) is 0 Å². The van der Waals surface area contributed by atoms with Crippen molar-refractivity contribution in [1.29, 1.82) is 0 Å². The fourth-order valence-electron chi connectivity index (χ4n) is 1.56. The molecule has 17 heavy (non-hydrogen) atoms. The lowest BCUT2D eigenvalue weighted by molar-refractivity contribution is -0.120. The van der Waals surface area contributed by atoms with Crippen LogP contribution in [0, 0.1) is 0 Å². The quantitative estimate of drug-likeness (QED) is 0.493. The van der Waals surface area contributed by atoms with Gasteiger partial charge >= 0.3 is 0 Å². The maximum Gasteiger partial charge on any atom is 0.132 e. The molecule has 0 aliphatic heterocycles. The van der Waals surface area contributed by atoms with Crippen molar-refractivity contribution in [2.45, 2.75) is 65.2 Å². The summed E-state index contributed by atoms with van der Waals surface area (Å²) in [6.07, 6.45) is 7.21. The molecule has 0 heterocycles. The number of unbranched alkanes of at least 4 members (excludes halogenated alkanes) is 3. The van der Waals surface area contributed by atoms with Gasteiger partial charge in [0, 0.05) is 25.9 Å². The Morgan fingerprint density at radius 2 is 1.59 bits per heavy atom. The van der Waals surface area contributed by atoms with Crippen molar-refractivity contribution in [2.75, 3.05) is 13.2 Å². The molecular formula is C14H26O3. The van der Waals surface area contributed by atoms with Gasteiger partial charge in [-0.15, -0.1) is 0 Å². The third kappa shape index (κ3) is 13.2. The van der Waals surface area contributed by atoms with E-state index in [-0.39, 0.29) is 5.78 Å². The summed E-state index contributed by atoms with van der Waals surface area (Å²) in [7, 11) is 0. The third-order valence-electron chi connectivity index (χ3n) is 2.65. The van der Waals surface area contributed by atoms with Crippen LogP contribution >= 0.6 is 0 Å². The average molecular weight is 242 g/mol. The first-order valence-electron chi connectivity index (χ1n) is 6.75. The molecule has 0 saturated carbocycles. The largest absolute Gasteiger partial charge is 0.381 e. The van der Waals surface area contributed by atoms with Gasteiger partial charge in [-0.25, -0.2) is 0 Å². The molecule has 0 rings (SSSR count). The third-order valence-corrected chi connectivity index (χ3v) is 2.65. The number of carbonyl (C=O) groups excluding carboxylic acids is 2. The van der Waals surface area contributed by atoms with Crippen molar-refractivity contribution in [1.82, 2.24) is 0 Å². The Hall–Kier alpha value is -0.700. The summed E-state index contributed by atoms with van der Waals surface area (Å²) < 4.78 is 5.26. The monoisotopic (exact) mass is 242 g/mol. The first-order valence-corrected chi connectivity index (χ1v) is 6.75. The van der Waals surface area contributed by atoms with E-state index in [1.807, 2.05) is 0 Å². The van der Waals surface area contributed by atoms with Crippen LogP contribution in [0.25, 0.3) is 0 Å². The highest BCUT2D eigenvalue weighted by Crippen LogP contribution is 2.05. The Morgan fingerprint density at radius 1 is 0.882 bits per heavy atom. The molecule has 0 fully saturated rings. The van der Waals surface area contributed by atoms with E-state index in [1.165, 1.54) is 12.8 Å². The second-order valence-electron chi connectivity index (χ2n) is 4.52. The Bertz CT molecular complexity index is 212. The second-order valence-corrected chi connectivity index (χ2v) is 4.52. The lowest BCUT2D eigenvalue weighted by Crippen LogP contribution is -2.04. The summed E-state index contributed by atoms with van der Waals surface area (Å²) in [6.45, 7) is 4.80. The van der Waals surface area contributed by atoms with Crippen molar-refractivity contribution in [3.63, 3.8) is 0 Å². The number of hydrogen-bond acceptors (Lipinski definition) is 3. The predicted octanol–water partition coefficient (Wildman–Crippen LogP) is 3.30. The Balaban J connectivity index is 3.19. The van der Waals surface area contributed by atoms with Crippen LogP contribution in [-0.2, 0) is 14.3 Å². The van der Waals surface area contributed by atoms with Crippen molar-refractivity contribution < 1.29 is 14.3 Å². The molecule has 0 amide bonds. The molecule has 3 nitrogen and oxygen atoms in total. The van der Waals surface area contributed by atoms with Gasteiger partial charge in [-0.05, 0) is 19.8 Å². The Kier molecular flexibility index (Phi) is 11.3. The van der Waals surface area contributed by atoms with Gasteiger partial charge in [-0.1, -0.05) is 26.2 Å². The van der Waals surface area contributed by atoms with Crippen LogP contribution in [0.5, 0.6) is 0 Å². The maximum atomic E-state index is 11.4. The molecule has 0 aromatic carbocycles. The molecule has 0 radical (unpaired) electrons. The second kappa shape index (κ2) is 11.8. The zero-order valence-corrected chi connectivity index (χ0v) is 11.3. The molecule has 0 atom stereocenters. The van der Waals surface area contributed by atoms with E-state index in [0.717, 1.165) is 19.3 Å². The highest BCUT2D eigenvalue weighted by atomic mass is 16.5. The van der Waals surface area contributed by atoms with E-state index in [9.17, 15) is 9.59 Å². The van der Waals surface area contributed by atoms with Gasteiger partial charge in [0.1, 0.15) is 11.6 Å². The van der Waals surface area contributed by atoms with Gasteiger partial charge in [-0.2, -0.15) is 0 Å². The first-order chi connectivity index (χ1) is 8.16. The summed E-state index contributed by atoms with van der Waals surface area (Å²) in [5.74, 6) is 0.494. The molecule has 0 aliphatic rings. The first kappa shape index (κ1) is 16.3. The van der Waals surface area contributed by atoms with Crippen LogP contribution in [0.15, 0.2) is 0 Å². The van der Waals surface area contributed by atoms with Crippen molar-refractivity contribution in [2.24, 2.45) is 0 Å². The smallest absolute Gasteiger partial charge is 0.132 e. The molecule has 0 spiro atoms. The topological polar surface area (TPSA) is 43.4 Å². The summed E-state index contributed by atoms with van der Waals surface area (Å²) >= 11 is 0. The fourth-order valence-corrected chi connectivity index (χ4v) is 1.56. The molecular weight excluding hydrogens is 216 g/mol. The molecule has 0 saturated heterocycles. The number of carbonyl (C=O) groups is 2. The summed E-state index contributed by atoms with van der Waals surface area (Å²) in [6, 6.07) is 0. The Morgan fingerprint density at radius 3 is 2.24 bits per heavy atom. The van der Waals surface area contributed by atoms with E-state index in [0.29, 0.717) is 38.3 Å². The number of hydrogen-bond donors (Lipinski definition) is 0. The van der Waals surface area contributed by atoms with Crippen LogP contribution in [0.1, 0.15) is 65.2 Å². The van der Waals surface area contributed by atoms with E-state index in [1.54, 1.807) is 6.92 Å². The summed E-state index contributed by atoms with van der Waals surface area (Å²) in [4.78, 5) is 22.1. The molecule has 0 N–H and O–H groups in total. The summed E-state index contributed by atoms with van der Waals surface area (Å²) in [5, 5.41) is 0. The van der Waals surface area contributed by atoms with Crippen LogP contribution < -0.4 is 0 Å². The molecule has 0 bridgehead atoms. The predicted molar refractivity (Wildman–Crippen MR) is 69.1 cm³/mol. The molecule has 0 aliphatic carbocycles. The van der Waals surface area contributed by atoms with Gasteiger partial charge in [-0.3, -0.25) is 9.59 Å². The summed E-state index contributed by atoms with van der Waals surface area (Å²) in [5.41, 5.74) is 0. The number of ketones is 2. The SMILES string of the molecule is CCCCCCC(=O)CCCOCCC(C)=O. The zero-order valence-electron chi connectivity index (χ0n) is 11.3. The van der Waals surface area contributed by atoms with Crippen molar-refractivity contribution in [3.05, 3.63) is 0 Å². The number of ether oxygens (including phenoxy) is 1. The highest BCUT2D eigenvalue weighted by molar-refractivity contribution is 5.78. The van der Waals surface area contributed by atoms with Crippen molar-refractivity contribution >= 4 is 11.6 Å². The lowest BCUT2D eigenvalue weighted by Gasteiger charge is -2.03.